The van der Waals surface area contributed by atoms with Crippen LogP contribution in [0.3, 0.4) is 0 Å². The van der Waals surface area contributed by atoms with Crippen LogP contribution < -0.4 is 0 Å². The molecule has 2 unspecified atom stereocenters. The highest BCUT2D eigenvalue weighted by molar-refractivity contribution is 7.47. The van der Waals surface area contributed by atoms with Crippen molar-refractivity contribution in [3.8, 4) is 0 Å². The molecule has 3 N–H and O–H groups in total. The minimum Gasteiger partial charge on any atom is -0.462 e. The summed E-state index contributed by atoms with van der Waals surface area (Å²) in [5, 5.41) is 10.6. The SMILES string of the molecule is CCCCCCCCCCCCCCCCCCCCCCCCC(=O)O[C@H](COC(=O)CCCCCCCCCCCCCCCCCCCCC)COP(=O)(O)OC[C@@H](O)COP(=O)(O)OC[C@@H](COC(=O)CCCCCCC)OC(=O)CCCCCCCCCCCCCCCC(C)C. The molecule has 0 amide bonds. The Morgan fingerprint density at radius 3 is 0.667 bits per heavy atom. The summed E-state index contributed by atoms with van der Waals surface area (Å²) in [6.07, 6.45) is 68.6. The Kier molecular flexibility index (Phi) is 74.4. The first-order chi connectivity index (χ1) is 49.5. The summed E-state index contributed by atoms with van der Waals surface area (Å²) in [6.45, 7) is 7.26. The fourth-order valence-corrected chi connectivity index (χ4v) is 14.5. The largest absolute Gasteiger partial charge is 0.472 e. The molecule has 102 heavy (non-hydrogen) atoms. The number of rotatable bonds is 83. The third-order valence-corrected chi connectivity index (χ3v) is 21.4. The van der Waals surface area contributed by atoms with Gasteiger partial charge < -0.3 is 33.8 Å². The second-order valence-corrected chi connectivity index (χ2v) is 33.3. The average molecular weight is 1490 g/mol. The van der Waals surface area contributed by atoms with Crippen LogP contribution in [0, 0.1) is 5.92 Å². The van der Waals surface area contributed by atoms with Crippen molar-refractivity contribution >= 4 is 39.5 Å². The second-order valence-electron chi connectivity index (χ2n) is 30.3. The number of phosphoric ester groups is 2. The summed E-state index contributed by atoms with van der Waals surface area (Å²) in [4.78, 5) is 72.8. The van der Waals surface area contributed by atoms with Gasteiger partial charge in [0, 0.05) is 25.7 Å². The Balaban J connectivity index is 5.10. The number of hydrogen-bond donors (Lipinski definition) is 3. The Morgan fingerprint density at radius 1 is 0.265 bits per heavy atom. The van der Waals surface area contributed by atoms with Gasteiger partial charge in [0.05, 0.1) is 26.4 Å². The summed E-state index contributed by atoms with van der Waals surface area (Å²) in [6, 6.07) is 0. The van der Waals surface area contributed by atoms with Gasteiger partial charge in [-0.15, -0.1) is 0 Å². The van der Waals surface area contributed by atoms with Gasteiger partial charge in [-0.05, 0) is 31.6 Å². The highest BCUT2D eigenvalue weighted by atomic mass is 31.2. The van der Waals surface area contributed by atoms with E-state index in [2.05, 4.69) is 34.6 Å². The van der Waals surface area contributed by atoms with E-state index < -0.39 is 97.5 Å². The molecule has 17 nitrogen and oxygen atoms in total. The number of phosphoric acid groups is 2. The first-order valence-corrected chi connectivity index (χ1v) is 46.1. The minimum atomic E-state index is -4.96. The van der Waals surface area contributed by atoms with Gasteiger partial charge in [0.2, 0.25) is 0 Å². The van der Waals surface area contributed by atoms with Gasteiger partial charge in [0.15, 0.2) is 12.2 Å². The summed E-state index contributed by atoms with van der Waals surface area (Å²) in [5.41, 5.74) is 0. The Labute approximate surface area is 626 Å². The van der Waals surface area contributed by atoms with Crippen LogP contribution in [0.2, 0.25) is 0 Å². The number of unbranched alkanes of at least 4 members (excludes halogenated alkanes) is 55. The van der Waals surface area contributed by atoms with E-state index in [1.807, 2.05) is 0 Å². The molecule has 0 aliphatic rings. The van der Waals surface area contributed by atoms with Gasteiger partial charge in [-0.1, -0.05) is 394 Å². The van der Waals surface area contributed by atoms with Crippen molar-refractivity contribution in [3.63, 3.8) is 0 Å². The third kappa shape index (κ3) is 76.3. The van der Waals surface area contributed by atoms with E-state index in [1.165, 1.54) is 263 Å². The number of carbonyl (C=O) groups is 4. The van der Waals surface area contributed by atoms with Crippen molar-refractivity contribution in [2.24, 2.45) is 5.92 Å². The van der Waals surface area contributed by atoms with Crippen molar-refractivity contribution in [2.45, 2.75) is 464 Å². The Morgan fingerprint density at radius 2 is 0.451 bits per heavy atom. The summed E-state index contributed by atoms with van der Waals surface area (Å²) < 4.78 is 68.5. The molecule has 0 aromatic rings. The summed E-state index contributed by atoms with van der Waals surface area (Å²) >= 11 is 0. The molecule has 0 radical (unpaired) electrons. The minimum absolute atomic E-state index is 0.107. The van der Waals surface area contributed by atoms with E-state index in [9.17, 15) is 43.2 Å². The van der Waals surface area contributed by atoms with Gasteiger partial charge in [0.25, 0.3) is 0 Å². The normalized spacial score (nSPS) is 13.8. The van der Waals surface area contributed by atoms with Gasteiger partial charge in [-0.2, -0.15) is 0 Å². The van der Waals surface area contributed by atoms with E-state index in [4.69, 9.17) is 37.0 Å². The molecule has 0 bridgehead atoms. The van der Waals surface area contributed by atoms with Crippen LogP contribution in [0.5, 0.6) is 0 Å². The molecule has 19 heteroatoms. The van der Waals surface area contributed by atoms with Crippen molar-refractivity contribution in [1.82, 2.24) is 0 Å². The molecule has 0 rings (SSSR count). The van der Waals surface area contributed by atoms with Crippen molar-refractivity contribution in [1.29, 1.82) is 0 Å². The molecule has 5 atom stereocenters. The lowest BCUT2D eigenvalue weighted by molar-refractivity contribution is -0.161. The topological polar surface area (TPSA) is 237 Å². The van der Waals surface area contributed by atoms with Crippen molar-refractivity contribution in [2.75, 3.05) is 39.6 Å². The number of esters is 4. The van der Waals surface area contributed by atoms with Gasteiger partial charge in [-0.25, -0.2) is 9.13 Å². The van der Waals surface area contributed by atoms with Crippen molar-refractivity contribution in [3.05, 3.63) is 0 Å². The van der Waals surface area contributed by atoms with Crippen LogP contribution in [0.4, 0.5) is 0 Å². The molecule has 0 aromatic carbocycles. The van der Waals surface area contributed by atoms with Crippen LogP contribution in [0.25, 0.3) is 0 Å². The molecule has 0 aromatic heterocycles. The maximum absolute atomic E-state index is 13.1. The third-order valence-electron chi connectivity index (χ3n) is 19.5. The number of aliphatic hydroxyl groups is 1. The van der Waals surface area contributed by atoms with E-state index in [-0.39, 0.29) is 25.7 Å². The molecular formula is C83H162O17P2. The highest BCUT2D eigenvalue weighted by Gasteiger charge is 2.30. The van der Waals surface area contributed by atoms with Crippen molar-refractivity contribution < 1.29 is 80.2 Å². The quantitative estimate of drug-likeness (QED) is 0.0222. The number of ether oxygens (including phenoxy) is 4. The first kappa shape index (κ1) is 100. The molecule has 0 aliphatic heterocycles. The first-order valence-electron chi connectivity index (χ1n) is 43.1. The molecule has 0 saturated heterocycles. The maximum atomic E-state index is 13.1. The molecule has 0 spiro atoms. The predicted octanol–water partition coefficient (Wildman–Crippen LogP) is 25.2. The highest BCUT2D eigenvalue weighted by Crippen LogP contribution is 2.45. The fourth-order valence-electron chi connectivity index (χ4n) is 12.9. The van der Waals surface area contributed by atoms with E-state index in [0.29, 0.717) is 25.7 Å². The van der Waals surface area contributed by atoms with Crippen LogP contribution in [0.15, 0.2) is 0 Å². The van der Waals surface area contributed by atoms with Gasteiger partial charge in [-0.3, -0.25) is 37.3 Å². The number of carbonyl (C=O) groups excluding carboxylic acids is 4. The fraction of sp³-hybridized carbons (Fsp3) is 0.952. The second kappa shape index (κ2) is 75.9. The van der Waals surface area contributed by atoms with Crippen LogP contribution in [-0.4, -0.2) is 96.7 Å². The summed E-state index contributed by atoms with van der Waals surface area (Å²) in [5.74, 6) is -1.33. The zero-order valence-electron chi connectivity index (χ0n) is 66.8. The van der Waals surface area contributed by atoms with Crippen LogP contribution in [-0.2, 0) is 65.4 Å². The monoisotopic (exact) mass is 1490 g/mol. The van der Waals surface area contributed by atoms with E-state index in [1.54, 1.807) is 0 Å². The molecule has 0 heterocycles. The predicted molar refractivity (Wildman–Crippen MR) is 418 cm³/mol. The molecule has 0 saturated carbocycles. The maximum Gasteiger partial charge on any atom is 0.472 e. The summed E-state index contributed by atoms with van der Waals surface area (Å²) in [7, 11) is -9.91. The number of hydrogen-bond acceptors (Lipinski definition) is 15. The average Bonchev–Trinajstić information content (AvgIpc) is 0.916. The van der Waals surface area contributed by atoms with Crippen LogP contribution >= 0.6 is 15.6 Å². The van der Waals surface area contributed by atoms with E-state index >= 15 is 0 Å². The van der Waals surface area contributed by atoms with Crippen LogP contribution in [0.1, 0.15) is 446 Å². The lowest BCUT2D eigenvalue weighted by atomic mass is 10.0. The van der Waals surface area contributed by atoms with Gasteiger partial charge in [0.1, 0.15) is 19.3 Å². The molecule has 0 fully saturated rings. The standard InChI is InChI=1S/C83H162O17P2/c1-6-9-12-15-17-19-21-23-25-27-29-30-31-33-35-37-41-45-49-53-58-63-69-83(88)100-79(73-94-81(86)67-62-57-52-48-44-40-36-34-32-28-26-24-22-20-18-16-13-10-7-2)75-98-102(91,92)96-71-77(84)70-95-101(89,90)97-74-78(72-93-80(85)66-61-55-14-11-8-3)99-82(87)68-64-59-54-50-46-42-38-39-43-47-51-56-60-65-76(4)5/h76-79,84H,6-75H2,1-5H3,(H,89,90)(H,91,92)/t77-,78+,79+/m0/s1. The lowest BCUT2D eigenvalue weighted by Crippen LogP contribution is -2.30. The smallest absolute Gasteiger partial charge is 0.462 e. The molecular weight excluding hydrogens is 1330 g/mol. The molecule has 606 valence electrons. The zero-order chi connectivity index (χ0) is 74.8. The molecule has 0 aliphatic carbocycles. The number of aliphatic hydroxyl groups excluding tert-OH is 1. The van der Waals surface area contributed by atoms with Gasteiger partial charge >= 0.3 is 39.5 Å². The lowest BCUT2D eigenvalue weighted by Gasteiger charge is -2.21. The van der Waals surface area contributed by atoms with E-state index in [0.717, 1.165) is 102 Å². The Bertz CT molecular complexity index is 1940. The Hall–Kier alpha value is -1.94. The zero-order valence-corrected chi connectivity index (χ0v) is 68.5.